The Balaban J connectivity index is 1.79. The van der Waals surface area contributed by atoms with Gasteiger partial charge in [0.1, 0.15) is 16.5 Å². The molecule has 0 spiro atoms. The van der Waals surface area contributed by atoms with Crippen molar-refractivity contribution >= 4 is 28.2 Å². The third kappa shape index (κ3) is 5.21. The molecule has 0 radical (unpaired) electrons. The fraction of sp³-hybridized carbons (Fsp3) is 0.500. The second kappa shape index (κ2) is 9.30. The normalized spacial score (nSPS) is 16.8. The maximum absolute atomic E-state index is 12.8. The summed E-state index contributed by atoms with van der Waals surface area (Å²) in [5.41, 5.74) is 1.69. The Bertz CT molecular complexity index is 942. The standard InChI is InChI=1S/C24H31NO5S/c1-14(30-17-10-8-16(28-5)9-11-17)21(26)25-22-20(23(27)29-6)18-12-7-15(24(2,3)4)13-19(18)31-22/h8-11,14-15H,7,12-13H2,1-6H3,(H,25,26). The molecule has 168 valence electrons. The molecule has 1 amide bonds. The Hall–Kier alpha value is -2.54. The second-order valence-corrected chi connectivity index (χ2v) is 10.0. The molecule has 3 rings (SSSR count). The average Bonchev–Trinajstić information content (AvgIpc) is 3.10. The predicted octanol–water partition coefficient (Wildman–Crippen LogP) is 5.10. The topological polar surface area (TPSA) is 73.9 Å². The third-order valence-corrected chi connectivity index (χ3v) is 7.03. The highest BCUT2D eigenvalue weighted by molar-refractivity contribution is 7.17. The highest BCUT2D eigenvalue weighted by Crippen LogP contribution is 2.44. The Labute approximate surface area is 187 Å². The van der Waals surface area contributed by atoms with Crippen molar-refractivity contribution < 1.29 is 23.8 Å². The molecule has 2 aromatic rings. The summed E-state index contributed by atoms with van der Waals surface area (Å²) in [6.07, 6.45) is 2.00. The van der Waals surface area contributed by atoms with Gasteiger partial charge in [0.05, 0.1) is 19.8 Å². The Morgan fingerprint density at radius 1 is 1.13 bits per heavy atom. The first-order valence-corrected chi connectivity index (χ1v) is 11.3. The maximum Gasteiger partial charge on any atom is 0.341 e. The number of esters is 1. The molecular formula is C24H31NO5S. The zero-order chi connectivity index (χ0) is 22.8. The highest BCUT2D eigenvalue weighted by Gasteiger charge is 2.34. The quantitative estimate of drug-likeness (QED) is 0.626. The maximum atomic E-state index is 12.8. The summed E-state index contributed by atoms with van der Waals surface area (Å²) in [6, 6.07) is 7.04. The van der Waals surface area contributed by atoms with E-state index in [-0.39, 0.29) is 11.3 Å². The lowest BCUT2D eigenvalue weighted by atomic mass is 9.72. The minimum Gasteiger partial charge on any atom is -0.497 e. The van der Waals surface area contributed by atoms with Gasteiger partial charge in [0, 0.05) is 4.88 Å². The molecule has 0 fully saturated rings. The van der Waals surface area contributed by atoms with Crippen LogP contribution in [-0.2, 0) is 22.4 Å². The highest BCUT2D eigenvalue weighted by atomic mass is 32.1. The number of benzene rings is 1. The van der Waals surface area contributed by atoms with Crippen LogP contribution >= 0.6 is 11.3 Å². The van der Waals surface area contributed by atoms with Crippen LogP contribution in [0.25, 0.3) is 0 Å². The van der Waals surface area contributed by atoms with Crippen LogP contribution in [0.3, 0.4) is 0 Å². The van der Waals surface area contributed by atoms with Gasteiger partial charge in [0.25, 0.3) is 5.91 Å². The Kier molecular flexibility index (Phi) is 6.94. The zero-order valence-electron chi connectivity index (χ0n) is 19.0. The summed E-state index contributed by atoms with van der Waals surface area (Å²) in [5.74, 6) is 1.09. The summed E-state index contributed by atoms with van der Waals surface area (Å²) in [6.45, 7) is 8.43. The van der Waals surface area contributed by atoms with Crippen molar-refractivity contribution in [2.45, 2.75) is 53.1 Å². The molecule has 0 saturated carbocycles. The van der Waals surface area contributed by atoms with Crippen molar-refractivity contribution in [2.75, 3.05) is 19.5 Å². The van der Waals surface area contributed by atoms with E-state index in [0.717, 1.165) is 29.7 Å². The average molecular weight is 446 g/mol. The van der Waals surface area contributed by atoms with Crippen LogP contribution in [0.2, 0.25) is 0 Å². The summed E-state index contributed by atoms with van der Waals surface area (Å²) in [4.78, 5) is 26.5. The van der Waals surface area contributed by atoms with Gasteiger partial charge in [-0.25, -0.2) is 4.79 Å². The van der Waals surface area contributed by atoms with Crippen molar-refractivity contribution in [3.63, 3.8) is 0 Å². The number of carbonyl (C=O) groups excluding carboxylic acids is 2. The summed E-state index contributed by atoms with van der Waals surface area (Å²) >= 11 is 1.48. The van der Waals surface area contributed by atoms with E-state index in [1.165, 1.54) is 18.4 Å². The van der Waals surface area contributed by atoms with Crippen LogP contribution in [0.15, 0.2) is 24.3 Å². The minimum atomic E-state index is -0.736. The van der Waals surface area contributed by atoms with Crippen LogP contribution in [0.1, 0.15) is 54.9 Å². The molecule has 1 heterocycles. The first kappa shape index (κ1) is 23.1. The summed E-state index contributed by atoms with van der Waals surface area (Å²) in [7, 11) is 2.96. The molecule has 1 aliphatic rings. The number of ether oxygens (including phenoxy) is 3. The van der Waals surface area contributed by atoms with Crippen molar-refractivity contribution in [2.24, 2.45) is 11.3 Å². The van der Waals surface area contributed by atoms with Gasteiger partial charge in [-0.05, 0) is 67.3 Å². The van der Waals surface area contributed by atoms with E-state index in [0.29, 0.717) is 28.0 Å². The Morgan fingerprint density at radius 2 is 1.77 bits per heavy atom. The van der Waals surface area contributed by atoms with Gasteiger partial charge in [-0.1, -0.05) is 20.8 Å². The number of carbonyl (C=O) groups is 2. The van der Waals surface area contributed by atoms with Crippen molar-refractivity contribution in [3.05, 3.63) is 40.3 Å². The van der Waals surface area contributed by atoms with E-state index < -0.39 is 12.1 Å². The van der Waals surface area contributed by atoms with Gasteiger partial charge in [0.15, 0.2) is 6.10 Å². The number of methoxy groups -OCH3 is 2. The van der Waals surface area contributed by atoms with Gasteiger partial charge in [-0.15, -0.1) is 11.3 Å². The molecule has 1 aliphatic carbocycles. The number of thiophene rings is 1. The van der Waals surface area contributed by atoms with E-state index in [4.69, 9.17) is 14.2 Å². The van der Waals surface area contributed by atoms with Crippen LogP contribution in [-0.4, -0.2) is 32.2 Å². The van der Waals surface area contributed by atoms with Crippen LogP contribution in [0, 0.1) is 11.3 Å². The predicted molar refractivity (Wildman–Crippen MR) is 122 cm³/mol. The number of hydrogen-bond acceptors (Lipinski definition) is 6. The number of hydrogen-bond donors (Lipinski definition) is 1. The molecule has 1 aromatic heterocycles. The lowest BCUT2D eigenvalue weighted by Gasteiger charge is -2.33. The Morgan fingerprint density at radius 3 is 2.35 bits per heavy atom. The molecule has 6 nitrogen and oxygen atoms in total. The molecule has 7 heteroatoms. The molecular weight excluding hydrogens is 414 g/mol. The molecule has 31 heavy (non-hydrogen) atoms. The van der Waals surface area contributed by atoms with Crippen LogP contribution in [0.4, 0.5) is 5.00 Å². The van der Waals surface area contributed by atoms with E-state index in [1.54, 1.807) is 38.3 Å². The van der Waals surface area contributed by atoms with Crippen molar-refractivity contribution in [1.29, 1.82) is 0 Å². The first-order valence-electron chi connectivity index (χ1n) is 10.5. The zero-order valence-corrected chi connectivity index (χ0v) is 19.9. The lowest BCUT2D eigenvalue weighted by Crippen LogP contribution is -2.30. The number of anilines is 1. The van der Waals surface area contributed by atoms with Gasteiger partial charge < -0.3 is 19.5 Å². The van der Waals surface area contributed by atoms with Crippen molar-refractivity contribution in [3.8, 4) is 11.5 Å². The third-order valence-electron chi connectivity index (χ3n) is 5.86. The number of fused-ring (bicyclic) bond motifs is 1. The monoisotopic (exact) mass is 445 g/mol. The fourth-order valence-electron chi connectivity index (χ4n) is 3.86. The molecule has 0 saturated heterocycles. The van der Waals surface area contributed by atoms with Gasteiger partial charge in [-0.2, -0.15) is 0 Å². The largest absolute Gasteiger partial charge is 0.497 e. The number of rotatable bonds is 6. The molecule has 1 N–H and O–H groups in total. The van der Waals surface area contributed by atoms with E-state index in [1.807, 2.05) is 0 Å². The van der Waals surface area contributed by atoms with E-state index in [2.05, 4.69) is 26.1 Å². The fourth-order valence-corrected chi connectivity index (χ4v) is 5.18. The summed E-state index contributed by atoms with van der Waals surface area (Å²) < 4.78 is 15.9. The van der Waals surface area contributed by atoms with E-state index in [9.17, 15) is 9.59 Å². The number of amides is 1. The smallest absolute Gasteiger partial charge is 0.341 e. The van der Waals surface area contributed by atoms with Gasteiger partial charge in [0.2, 0.25) is 0 Å². The van der Waals surface area contributed by atoms with Gasteiger partial charge in [-0.3, -0.25) is 4.79 Å². The summed E-state index contributed by atoms with van der Waals surface area (Å²) in [5, 5.41) is 3.45. The molecule has 0 aliphatic heterocycles. The number of nitrogens with one attached hydrogen (secondary N) is 1. The lowest BCUT2D eigenvalue weighted by molar-refractivity contribution is -0.122. The SMILES string of the molecule is COC(=O)c1c(NC(=O)C(C)Oc2ccc(OC)cc2)sc2c1CCC(C(C)(C)C)C2. The first-order chi connectivity index (χ1) is 14.6. The molecule has 2 atom stereocenters. The molecule has 2 unspecified atom stereocenters. The molecule has 1 aromatic carbocycles. The van der Waals surface area contributed by atoms with Crippen molar-refractivity contribution in [1.82, 2.24) is 0 Å². The van der Waals surface area contributed by atoms with Crippen LogP contribution < -0.4 is 14.8 Å². The van der Waals surface area contributed by atoms with Crippen LogP contribution in [0.5, 0.6) is 11.5 Å². The molecule has 0 bridgehead atoms. The van der Waals surface area contributed by atoms with E-state index >= 15 is 0 Å². The minimum absolute atomic E-state index is 0.192. The van der Waals surface area contributed by atoms with Gasteiger partial charge >= 0.3 is 5.97 Å². The second-order valence-electron chi connectivity index (χ2n) is 8.93.